The van der Waals surface area contributed by atoms with Gasteiger partial charge in [0.25, 0.3) is 5.56 Å². The van der Waals surface area contributed by atoms with Crippen molar-refractivity contribution >= 4 is 35.7 Å². The summed E-state index contributed by atoms with van der Waals surface area (Å²) in [6, 6.07) is 8.61. The number of unbranched alkanes of at least 4 members (excludes halogenated alkanes) is 1. The third-order valence-electron chi connectivity index (χ3n) is 13.7. The summed E-state index contributed by atoms with van der Waals surface area (Å²) in [6.07, 6.45) is -11.9. The second-order valence-electron chi connectivity index (χ2n) is 19.8. The van der Waals surface area contributed by atoms with Crippen molar-refractivity contribution in [2.24, 2.45) is 22.4 Å². The van der Waals surface area contributed by atoms with Crippen LogP contribution >= 0.6 is 0 Å². The molecule has 1 aromatic heterocycles. The number of amides is 4. The van der Waals surface area contributed by atoms with E-state index in [0.717, 1.165) is 52.1 Å². The van der Waals surface area contributed by atoms with Gasteiger partial charge in [-0.15, -0.1) is 0 Å². The first kappa shape index (κ1) is 61.2. The minimum absolute atomic E-state index is 0.00708. The molecule has 0 unspecified atom stereocenters. The van der Waals surface area contributed by atoms with Crippen molar-refractivity contribution in [3.05, 3.63) is 87.2 Å². The van der Waals surface area contributed by atoms with Crippen molar-refractivity contribution in [2.45, 2.75) is 145 Å². The molecular formula is C51H73N11O17. The number of aryl methyl sites for hydroxylation is 1. The third kappa shape index (κ3) is 16.3. The molecule has 17 N–H and O–H groups in total. The minimum Gasteiger partial charge on any atom is -0.494 e. The molecule has 6 rings (SSSR count). The number of hydrogen-bond acceptors (Lipinski definition) is 20. The number of rotatable bonds is 28. The summed E-state index contributed by atoms with van der Waals surface area (Å²) in [5.74, 6) is -4.15. The number of urea groups is 1. The van der Waals surface area contributed by atoms with Gasteiger partial charge in [0.1, 0.15) is 72.6 Å². The molecule has 3 aromatic rings. The third-order valence-corrected chi connectivity index (χ3v) is 13.7. The topological polar surface area (TPSA) is 435 Å². The average Bonchev–Trinajstić information content (AvgIpc) is 3.95. The predicted molar refractivity (Wildman–Crippen MR) is 281 cm³/mol. The van der Waals surface area contributed by atoms with Crippen molar-refractivity contribution < 1.29 is 73.6 Å². The molecule has 3 aliphatic rings. The SMILES string of the molecule is CCCCOc1ccc(-c2ccc(CC[C@H](NC(=O)[C@@H](NC(=O)N[C@H](C(=O)O)C(C)C)[C@@H]3CCN=C(N)N3)C(=O)NCCCN[C@H](C(=O)O)[C@H](O[C@@H]3O[C@H](CN)[C@@H](O)[C@H]3O)[C@H]3O[C@@H](n4ccc(=O)[nH]c4=O)[C@H](O)[C@@H]3O)cc2)cc1. The number of benzene rings is 2. The van der Waals surface area contributed by atoms with E-state index in [1.165, 1.54) is 0 Å². The number of ether oxygens (including phenoxy) is 4. The van der Waals surface area contributed by atoms with Crippen LogP contribution < -0.4 is 59.4 Å². The number of aromatic nitrogens is 2. The number of nitrogens with one attached hydrogen (secondary N) is 7. The van der Waals surface area contributed by atoms with E-state index in [-0.39, 0.29) is 57.8 Å². The Kier molecular flexibility index (Phi) is 22.3. The quantitative estimate of drug-likeness (QED) is 0.0321. The second-order valence-corrected chi connectivity index (χ2v) is 19.8. The monoisotopic (exact) mass is 1110 g/mol. The molecule has 0 saturated carbocycles. The Balaban J connectivity index is 1.18. The lowest BCUT2D eigenvalue weighted by molar-refractivity contribution is -0.228. The van der Waals surface area contributed by atoms with Crippen LogP contribution in [0.25, 0.3) is 11.1 Å². The molecule has 28 nitrogen and oxygen atoms in total. The van der Waals surface area contributed by atoms with E-state index in [4.69, 9.17) is 30.4 Å². The summed E-state index contributed by atoms with van der Waals surface area (Å²) in [5.41, 5.74) is 12.5. The Labute approximate surface area is 453 Å². The number of nitrogens with two attached hydrogens (primary N) is 2. The summed E-state index contributed by atoms with van der Waals surface area (Å²) in [4.78, 5) is 97.4. The molecule has 79 heavy (non-hydrogen) atoms. The standard InChI is InChI=1S/C51H73N11O17/c1-4-5-23-76-29-14-12-28(13-15-29)27-10-7-26(8-11-27)9-16-31(57-44(69)35(30-17-21-56-49(53)58-30)61-50(74)60-34(25(2)3)46(70)71)43(68)55-20-6-19-54-36(47(72)73)41(79-48-40(67)37(64)32(24-52)77-48)42-38(65)39(66)45(78-42)62-22-18-33(63)59-51(62)75/h7-8,10-15,18,22,25,30-32,34-42,45,48,54,64-67H,4-6,9,16-17,19-21,23-24,52H2,1-3H3,(H,55,68)(H,57,69)(H,70,71)(H,72,73)(H3,53,56,58)(H,59,63,75)(H2,60,61,74)/t30-,31-,32+,34-,35-,36-,37+,38-,39+,40+,41-,42-,45+,48-/m0/s1. The zero-order valence-corrected chi connectivity index (χ0v) is 43.9. The minimum atomic E-state index is -1.95. The second kappa shape index (κ2) is 28.7. The van der Waals surface area contributed by atoms with Crippen molar-refractivity contribution in [1.82, 2.24) is 41.5 Å². The molecule has 2 saturated heterocycles. The number of aliphatic hydroxyl groups excluding tert-OH is 4. The average molecular weight is 1110 g/mol. The summed E-state index contributed by atoms with van der Waals surface area (Å²) in [7, 11) is 0. The van der Waals surface area contributed by atoms with Crippen molar-refractivity contribution in [3.8, 4) is 16.9 Å². The van der Waals surface area contributed by atoms with Crippen LogP contribution in [0.2, 0.25) is 0 Å². The highest BCUT2D eigenvalue weighted by atomic mass is 16.7. The fraction of sp³-hybridized carbons (Fsp3) is 0.569. The summed E-state index contributed by atoms with van der Waals surface area (Å²) >= 11 is 0. The van der Waals surface area contributed by atoms with Crippen LogP contribution in [0.5, 0.6) is 5.75 Å². The highest BCUT2D eigenvalue weighted by Gasteiger charge is 2.54. The van der Waals surface area contributed by atoms with Crippen LogP contribution in [0, 0.1) is 5.92 Å². The van der Waals surface area contributed by atoms with Gasteiger partial charge in [0.2, 0.25) is 11.8 Å². The molecule has 14 atom stereocenters. The van der Waals surface area contributed by atoms with Gasteiger partial charge in [0.05, 0.1) is 12.6 Å². The molecule has 0 spiro atoms. The number of guanidine groups is 1. The number of carboxylic acids is 2. The molecule has 0 radical (unpaired) electrons. The van der Waals surface area contributed by atoms with E-state index in [9.17, 15) is 64.2 Å². The van der Waals surface area contributed by atoms with Crippen molar-refractivity contribution in [2.75, 3.05) is 32.8 Å². The number of nitrogens with zero attached hydrogens (tertiary/aromatic N) is 2. The smallest absolute Gasteiger partial charge is 0.330 e. The number of aromatic amines is 1. The number of carbonyl (C=O) groups is 5. The first-order valence-corrected chi connectivity index (χ1v) is 26.1. The van der Waals surface area contributed by atoms with Gasteiger partial charge in [0, 0.05) is 31.9 Å². The fourth-order valence-corrected chi connectivity index (χ4v) is 9.21. The highest BCUT2D eigenvalue weighted by molar-refractivity contribution is 5.93. The summed E-state index contributed by atoms with van der Waals surface area (Å²) in [6.45, 7) is 5.47. The lowest BCUT2D eigenvalue weighted by Gasteiger charge is -2.33. The number of aliphatic imine (C=N–C) groups is 1. The van der Waals surface area contributed by atoms with Crippen LogP contribution in [0.3, 0.4) is 0 Å². The summed E-state index contributed by atoms with van der Waals surface area (Å²) in [5, 5.41) is 80.1. The Bertz CT molecular complexity index is 2670. The fourth-order valence-electron chi connectivity index (χ4n) is 9.21. The molecular weight excluding hydrogens is 1040 g/mol. The molecule has 434 valence electrons. The maximum atomic E-state index is 14.3. The Morgan fingerprint density at radius 1 is 0.835 bits per heavy atom. The van der Waals surface area contributed by atoms with Crippen LogP contribution in [0.4, 0.5) is 4.79 Å². The number of carbonyl (C=O) groups excluding carboxylic acids is 3. The Morgan fingerprint density at radius 3 is 2.13 bits per heavy atom. The molecule has 0 aliphatic carbocycles. The van der Waals surface area contributed by atoms with E-state index in [1.54, 1.807) is 13.8 Å². The predicted octanol–water partition coefficient (Wildman–Crippen LogP) is -3.09. The first-order valence-electron chi connectivity index (χ1n) is 26.1. The molecule has 4 heterocycles. The van der Waals surface area contributed by atoms with E-state index in [0.29, 0.717) is 6.61 Å². The molecule has 3 aliphatic heterocycles. The van der Waals surface area contributed by atoms with Gasteiger partial charge < -0.3 is 93.0 Å². The number of carboxylic acid groups (broad SMARTS) is 2. The number of aliphatic carboxylic acids is 2. The largest absolute Gasteiger partial charge is 0.494 e. The molecule has 4 amide bonds. The zero-order chi connectivity index (χ0) is 57.5. The highest BCUT2D eigenvalue weighted by Crippen LogP contribution is 2.34. The lowest BCUT2D eigenvalue weighted by atomic mass is 9.98. The molecule has 0 bridgehead atoms. The van der Waals surface area contributed by atoms with Crippen LogP contribution in [0.15, 0.2) is 75.4 Å². The Hall–Kier alpha value is -7.02. The summed E-state index contributed by atoms with van der Waals surface area (Å²) < 4.78 is 23.9. The van der Waals surface area contributed by atoms with E-state index >= 15 is 0 Å². The Morgan fingerprint density at radius 2 is 1.52 bits per heavy atom. The molecule has 28 heteroatoms. The van der Waals surface area contributed by atoms with Crippen LogP contribution in [-0.4, -0.2) is 188 Å². The van der Waals surface area contributed by atoms with Crippen molar-refractivity contribution in [1.29, 1.82) is 0 Å². The zero-order valence-electron chi connectivity index (χ0n) is 43.9. The van der Waals surface area contributed by atoms with Gasteiger partial charge in [0.15, 0.2) is 18.5 Å². The number of H-pyrrole nitrogens is 1. The number of hydrogen-bond donors (Lipinski definition) is 15. The van der Waals surface area contributed by atoms with Gasteiger partial charge >= 0.3 is 23.7 Å². The molecule has 2 aromatic carbocycles. The van der Waals surface area contributed by atoms with E-state index < -0.39 is 132 Å². The van der Waals surface area contributed by atoms with Gasteiger partial charge in [-0.3, -0.25) is 33.7 Å². The number of aliphatic hydroxyl groups is 4. The van der Waals surface area contributed by atoms with Crippen molar-refractivity contribution in [3.63, 3.8) is 0 Å². The maximum absolute atomic E-state index is 14.3. The van der Waals surface area contributed by atoms with Crippen LogP contribution in [0.1, 0.15) is 64.7 Å². The van der Waals surface area contributed by atoms with E-state index in [1.807, 2.05) is 53.5 Å². The van der Waals surface area contributed by atoms with Crippen LogP contribution in [-0.2, 0) is 39.8 Å². The normalized spacial score (nSPS) is 24.7. The van der Waals surface area contributed by atoms with E-state index in [2.05, 4.69) is 43.8 Å². The maximum Gasteiger partial charge on any atom is 0.330 e. The lowest BCUT2D eigenvalue weighted by Crippen LogP contribution is -2.64. The first-order chi connectivity index (χ1) is 37.7. The van der Waals surface area contributed by atoms with Gasteiger partial charge in [-0.1, -0.05) is 63.6 Å². The van der Waals surface area contributed by atoms with Gasteiger partial charge in [-0.25, -0.2) is 14.4 Å². The molecule has 2 fully saturated rings. The van der Waals surface area contributed by atoms with Gasteiger partial charge in [-0.2, -0.15) is 0 Å². The van der Waals surface area contributed by atoms with Gasteiger partial charge in [-0.05, 0) is 73.4 Å².